The highest BCUT2D eigenvalue weighted by Crippen LogP contribution is 2.35. The molecule has 0 aromatic heterocycles. The Kier molecular flexibility index (Phi) is 8.59. The number of anilines is 1. The summed E-state index contributed by atoms with van der Waals surface area (Å²) in [6.45, 7) is 3.06. The summed E-state index contributed by atoms with van der Waals surface area (Å²) in [7, 11) is 0. The molecule has 3 N–H and O–H groups in total. The number of para-hydroxylation sites is 1. The van der Waals surface area contributed by atoms with E-state index in [1.165, 1.54) is 35.2 Å². The molecule has 1 aliphatic carbocycles. The maximum Gasteiger partial charge on any atom is 0.245 e. The highest BCUT2D eigenvalue weighted by Gasteiger charge is 2.33. The number of rotatable bonds is 9. The summed E-state index contributed by atoms with van der Waals surface area (Å²) >= 11 is 6.12. The van der Waals surface area contributed by atoms with Crippen molar-refractivity contribution in [2.24, 2.45) is 5.92 Å². The Labute approximate surface area is 247 Å². The van der Waals surface area contributed by atoms with Crippen LogP contribution in [0.3, 0.4) is 0 Å². The normalized spacial score (nSPS) is 19.7. The van der Waals surface area contributed by atoms with E-state index in [1.807, 2.05) is 41.3 Å². The zero-order valence-electron chi connectivity index (χ0n) is 23.5. The Hall–Kier alpha value is -3.35. The van der Waals surface area contributed by atoms with E-state index in [-0.39, 0.29) is 17.9 Å². The molecule has 6 nitrogen and oxygen atoms in total. The van der Waals surface area contributed by atoms with Crippen LogP contribution in [0.15, 0.2) is 72.8 Å². The van der Waals surface area contributed by atoms with Crippen molar-refractivity contribution in [3.05, 3.63) is 100 Å². The van der Waals surface area contributed by atoms with Gasteiger partial charge in [0.1, 0.15) is 6.04 Å². The molecule has 214 valence electrons. The van der Waals surface area contributed by atoms with Crippen molar-refractivity contribution in [3.8, 4) is 0 Å². The van der Waals surface area contributed by atoms with Crippen LogP contribution in [-0.2, 0) is 29.0 Å². The minimum atomic E-state index is -0.633. The van der Waals surface area contributed by atoms with Crippen molar-refractivity contribution in [1.29, 1.82) is 0 Å². The van der Waals surface area contributed by atoms with Gasteiger partial charge in [0.25, 0.3) is 0 Å². The quantitative estimate of drug-likeness (QED) is 0.326. The summed E-state index contributed by atoms with van der Waals surface area (Å²) in [4.78, 5) is 29.3. The van der Waals surface area contributed by atoms with Gasteiger partial charge in [0.2, 0.25) is 11.8 Å². The number of nitrogens with one attached hydrogen (secondary N) is 3. The summed E-state index contributed by atoms with van der Waals surface area (Å²) in [5.74, 6) is 1.09. The second-order valence-corrected chi connectivity index (χ2v) is 12.2. The number of benzene rings is 3. The van der Waals surface area contributed by atoms with Gasteiger partial charge in [-0.15, -0.1) is 0 Å². The first-order valence-electron chi connectivity index (χ1n) is 15.0. The third kappa shape index (κ3) is 6.94. The van der Waals surface area contributed by atoms with E-state index in [9.17, 15) is 9.59 Å². The maximum atomic E-state index is 13.9. The number of hydrogen-bond acceptors (Lipinski definition) is 4. The van der Waals surface area contributed by atoms with Crippen LogP contribution in [0, 0.1) is 5.92 Å². The molecule has 0 unspecified atom stereocenters. The third-order valence-electron chi connectivity index (χ3n) is 8.85. The first-order chi connectivity index (χ1) is 20.0. The van der Waals surface area contributed by atoms with Gasteiger partial charge in [0, 0.05) is 43.3 Å². The molecule has 0 radical (unpaired) electrons. The highest BCUT2D eigenvalue weighted by molar-refractivity contribution is 6.30. The number of halogens is 1. The smallest absolute Gasteiger partial charge is 0.245 e. The van der Waals surface area contributed by atoms with Gasteiger partial charge in [0.05, 0.1) is 6.04 Å². The molecule has 1 saturated carbocycles. The molecule has 6 rings (SSSR count). The fourth-order valence-corrected chi connectivity index (χ4v) is 6.32. The number of hydrogen-bond donors (Lipinski definition) is 3. The SMILES string of the molecule is O=C(N[C@H](Cc1ccc(Cl)cc1)C(=O)N1CCC(c2ccccc2NCC2CC2)CC1)[C@@H]1Cc2ccccc2CN1. The highest BCUT2D eigenvalue weighted by atomic mass is 35.5. The number of carbonyl (C=O) groups is 2. The number of likely N-dealkylation sites (tertiary alicyclic amines) is 1. The van der Waals surface area contributed by atoms with Crippen LogP contribution in [0.4, 0.5) is 5.69 Å². The Morgan fingerprint density at radius 1 is 0.902 bits per heavy atom. The maximum absolute atomic E-state index is 13.9. The van der Waals surface area contributed by atoms with Crippen molar-refractivity contribution in [3.63, 3.8) is 0 Å². The van der Waals surface area contributed by atoms with Crippen LogP contribution in [0.5, 0.6) is 0 Å². The predicted octanol–water partition coefficient (Wildman–Crippen LogP) is 5.31. The molecule has 41 heavy (non-hydrogen) atoms. The topological polar surface area (TPSA) is 73.5 Å². The summed E-state index contributed by atoms with van der Waals surface area (Å²) < 4.78 is 0. The first-order valence-corrected chi connectivity index (χ1v) is 15.4. The van der Waals surface area contributed by atoms with Gasteiger partial charge >= 0.3 is 0 Å². The lowest BCUT2D eigenvalue weighted by Crippen LogP contribution is -2.56. The van der Waals surface area contributed by atoms with Crippen LogP contribution in [0.2, 0.25) is 5.02 Å². The number of carbonyl (C=O) groups excluding carboxylic acids is 2. The predicted molar refractivity (Wildman–Crippen MR) is 164 cm³/mol. The lowest BCUT2D eigenvalue weighted by molar-refractivity contribution is -0.137. The lowest BCUT2D eigenvalue weighted by Gasteiger charge is -2.36. The molecular weight excluding hydrogens is 532 g/mol. The van der Waals surface area contributed by atoms with Gasteiger partial charge in [-0.05, 0) is 84.4 Å². The number of amides is 2. The van der Waals surface area contributed by atoms with E-state index in [1.54, 1.807) is 0 Å². The molecule has 3 aromatic carbocycles. The van der Waals surface area contributed by atoms with E-state index in [2.05, 4.69) is 52.3 Å². The molecule has 1 saturated heterocycles. The molecule has 7 heteroatoms. The molecule has 2 atom stereocenters. The molecule has 3 aromatic rings. The summed E-state index contributed by atoms with van der Waals surface area (Å²) in [6, 6.07) is 23.4. The number of fused-ring (bicyclic) bond motifs is 1. The van der Waals surface area contributed by atoms with Crippen LogP contribution in [0.1, 0.15) is 53.9 Å². The molecule has 0 spiro atoms. The zero-order chi connectivity index (χ0) is 28.2. The van der Waals surface area contributed by atoms with Gasteiger partial charge in [-0.3, -0.25) is 9.59 Å². The average molecular weight is 571 g/mol. The van der Waals surface area contributed by atoms with Crippen LogP contribution >= 0.6 is 11.6 Å². The van der Waals surface area contributed by atoms with Crippen LogP contribution < -0.4 is 16.0 Å². The van der Waals surface area contributed by atoms with Gasteiger partial charge in [0.15, 0.2) is 0 Å². The van der Waals surface area contributed by atoms with Gasteiger partial charge < -0.3 is 20.9 Å². The van der Waals surface area contributed by atoms with Crippen molar-refractivity contribution in [2.75, 3.05) is 25.0 Å². The Morgan fingerprint density at radius 2 is 1.61 bits per heavy atom. The Balaban J connectivity index is 1.12. The van der Waals surface area contributed by atoms with Crippen LogP contribution in [0.25, 0.3) is 0 Å². The van der Waals surface area contributed by atoms with E-state index in [0.29, 0.717) is 43.4 Å². The Morgan fingerprint density at radius 3 is 2.37 bits per heavy atom. The first kappa shape index (κ1) is 27.8. The Bertz CT molecular complexity index is 1370. The summed E-state index contributed by atoms with van der Waals surface area (Å²) in [5, 5.41) is 10.8. The molecule has 2 fully saturated rings. The largest absolute Gasteiger partial charge is 0.385 e. The zero-order valence-corrected chi connectivity index (χ0v) is 24.2. The average Bonchev–Trinajstić information content (AvgIpc) is 3.85. The van der Waals surface area contributed by atoms with E-state index in [0.717, 1.165) is 30.9 Å². The van der Waals surface area contributed by atoms with Gasteiger partial charge in [-0.2, -0.15) is 0 Å². The molecule has 0 bridgehead atoms. The molecular formula is C34H39ClN4O2. The van der Waals surface area contributed by atoms with Crippen molar-refractivity contribution in [2.45, 2.75) is 63.1 Å². The van der Waals surface area contributed by atoms with E-state index < -0.39 is 6.04 Å². The fraction of sp³-hybridized carbons (Fsp3) is 0.412. The van der Waals surface area contributed by atoms with Crippen LogP contribution in [-0.4, -0.2) is 48.4 Å². The minimum absolute atomic E-state index is 0.0110. The van der Waals surface area contributed by atoms with E-state index >= 15 is 0 Å². The van der Waals surface area contributed by atoms with Gasteiger partial charge in [-0.25, -0.2) is 0 Å². The molecule has 3 aliphatic rings. The second kappa shape index (κ2) is 12.7. The number of piperidine rings is 1. The lowest BCUT2D eigenvalue weighted by atomic mass is 9.88. The van der Waals surface area contributed by atoms with Crippen molar-refractivity contribution >= 4 is 29.1 Å². The van der Waals surface area contributed by atoms with Crippen molar-refractivity contribution < 1.29 is 9.59 Å². The monoisotopic (exact) mass is 570 g/mol. The van der Waals surface area contributed by atoms with Gasteiger partial charge in [-0.1, -0.05) is 66.2 Å². The fourth-order valence-electron chi connectivity index (χ4n) is 6.19. The second-order valence-electron chi connectivity index (χ2n) is 11.8. The van der Waals surface area contributed by atoms with Crippen molar-refractivity contribution in [1.82, 2.24) is 15.5 Å². The minimum Gasteiger partial charge on any atom is -0.385 e. The standard InChI is InChI=1S/C34H39ClN4O2/c35-28-13-11-23(12-14-28)19-32(38-33(40)31-20-26-5-1-2-6-27(26)22-37-31)34(41)39-17-15-25(16-18-39)29-7-3-4-8-30(29)36-21-24-9-10-24/h1-8,11-14,24-25,31-32,36-37H,9-10,15-22H2,(H,38,40)/t31-,32+/m0/s1. The molecule has 2 heterocycles. The van der Waals surface area contributed by atoms with E-state index in [4.69, 9.17) is 11.6 Å². The summed E-state index contributed by atoms with van der Waals surface area (Å²) in [5.41, 5.74) is 5.97. The molecule has 2 amide bonds. The molecule has 2 aliphatic heterocycles. The summed E-state index contributed by atoms with van der Waals surface area (Å²) in [6.07, 6.45) is 5.52. The number of nitrogens with zero attached hydrogens (tertiary/aromatic N) is 1. The third-order valence-corrected chi connectivity index (χ3v) is 9.10.